The lowest BCUT2D eigenvalue weighted by molar-refractivity contribution is -0.132. The maximum atomic E-state index is 12.5. The molecule has 1 amide bonds. The third-order valence-electron chi connectivity index (χ3n) is 5.93. The highest BCUT2D eigenvalue weighted by Crippen LogP contribution is 2.46. The first-order chi connectivity index (χ1) is 14.1. The van der Waals surface area contributed by atoms with Crippen molar-refractivity contribution in [3.8, 4) is 17.6 Å². The molecule has 2 aromatic carbocycles. The molecule has 3 atom stereocenters. The Labute approximate surface area is 171 Å². The molecule has 2 heterocycles. The van der Waals surface area contributed by atoms with Gasteiger partial charge in [-0.2, -0.15) is 0 Å². The van der Waals surface area contributed by atoms with Gasteiger partial charge >= 0.3 is 0 Å². The summed E-state index contributed by atoms with van der Waals surface area (Å²) in [7, 11) is 1.64. The van der Waals surface area contributed by atoms with Gasteiger partial charge in [-0.25, -0.2) is 0 Å². The minimum atomic E-state index is -0.0293. The van der Waals surface area contributed by atoms with E-state index < -0.39 is 0 Å². The van der Waals surface area contributed by atoms with E-state index in [0.29, 0.717) is 6.42 Å². The predicted molar refractivity (Wildman–Crippen MR) is 113 cm³/mol. The van der Waals surface area contributed by atoms with E-state index in [9.17, 15) is 9.90 Å². The summed E-state index contributed by atoms with van der Waals surface area (Å²) in [4.78, 5) is 14.5. The van der Waals surface area contributed by atoms with E-state index in [1.165, 1.54) is 0 Å². The fourth-order valence-corrected chi connectivity index (χ4v) is 4.44. The highest BCUT2D eigenvalue weighted by atomic mass is 16.5. The van der Waals surface area contributed by atoms with Crippen LogP contribution in [0.4, 0.5) is 5.69 Å². The van der Waals surface area contributed by atoms with Crippen LogP contribution in [0.25, 0.3) is 0 Å². The molecule has 0 unspecified atom stereocenters. The Kier molecular flexibility index (Phi) is 5.46. The molecule has 0 aromatic heterocycles. The first-order valence-electron chi connectivity index (χ1n) is 10.1. The van der Waals surface area contributed by atoms with Crippen LogP contribution >= 0.6 is 0 Å². The second-order valence-corrected chi connectivity index (χ2v) is 7.55. The van der Waals surface area contributed by atoms with Gasteiger partial charge in [-0.15, -0.1) is 0 Å². The number of nitrogens with zero attached hydrogens (tertiary/aromatic N) is 1. The molecule has 0 bridgehead atoms. The minimum absolute atomic E-state index is 0.00131. The Balaban J connectivity index is 1.67. The summed E-state index contributed by atoms with van der Waals surface area (Å²) in [5.74, 6) is 7.62. The molecular weight excluding hydrogens is 364 g/mol. The number of hydrogen-bond acceptors (Lipinski definition) is 4. The average Bonchev–Trinajstić information content (AvgIpc) is 3.22. The van der Waals surface area contributed by atoms with Crippen LogP contribution in [0.15, 0.2) is 42.5 Å². The molecule has 2 N–H and O–H groups in total. The molecule has 29 heavy (non-hydrogen) atoms. The summed E-state index contributed by atoms with van der Waals surface area (Å²) < 4.78 is 5.19. The Hall–Kier alpha value is -2.97. The lowest BCUT2D eigenvalue weighted by Gasteiger charge is -2.39. The lowest BCUT2D eigenvalue weighted by atomic mass is 9.82. The van der Waals surface area contributed by atoms with Gasteiger partial charge in [0.25, 0.3) is 0 Å². The fraction of sp³-hybridized carbons (Fsp3) is 0.375. The van der Waals surface area contributed by atoms with Gasteiger partial charge in [-0.05, 0) is 54.4 Å². The number of benzene rings is 2. The molecule has 5 nitrogen and oxygen atoms in total. The van der Waals surface area contributed by atoms with Gasteiger partial charge < -0.3 is 20.1 Å². The molecule has 4 rings (SSSR count). The predicted octanol–water partition coefficient (Wildman–Crippen LogP) is 3.18. The van der Waals surface area contributed by atoms with Gasteiger partial charge in [0.2, 0.25) is 5.91 Å². The van der Waals surface area contributed by atoms with E-state index in [2.05, 4.69) is 23.2 Å². The summed E-state index contributed by atoms with van der Waals surface area (Å²) in [5.41, 5.74) is 3.92. The molecule has 0 saturated carbocycles. The van der Waals surface area contributed by atoms with Gasteiger partial charge in [0.15, 0.2) is 0 Å². The van der Waals surface area contributed by atoms with Gasteiger partial charge in [-0.1, -0.05) is 18.8 Å². The number of carbonyl (C=O) groups is 1. The monoisotopic (exact) mass is 390 g/mol. The molecule has 2 aliphatic rings. The minimum Gasteiger partial charge on any atom is -0.497 e. The molecular formula is C24H26N2O3. The zero-order chi connectivity index (χ0) is 20.4. The molecule has 0 spiro atoms. The standard InChI is InChI=1S/C24H26N2O3/c1-3-23(28)26-13-12-19-22(15-27)25-21-11-8-17(14-20(21)24(19)26)5-4-16-6-9-18(29-2)10-7-16/h6-11,14,19,22,24-25,27H,3,12-13,15H2,1-2H3/t19-,22-,24-/m0/s1. The number of fused-ring (bicyclic) bond motifs is 3. The van der Waals surface area contributed by atoms with Crippen molar-refractivity contribution < 1.29 is 14.6 Å². The molecule has 0 aliphatic carbocycles. The van der Waals surface area contributed by atoms with E-state index in [1.807, 2.05) is 48.2 Å². The van der Waals surface area contributed by atoms with Gasteiger partial charge in [0.1, 0.15) is 5.75 Å². The summed E-state index contributed by atoms with van der Waals surface area (Å²) in [6, 6.07) is 13.7. The van der Waals surface area contributed by atoms with Crippen molar-refractivity contribution in [2.75, 3.05) is 25.6 Å². The van der Waals surface area contributed by atoms with Gasteiger partial charge in [0, 0.05) is 35.7 Å². The highest BCUT2D eigenvalue weighted by Gasteiger charge is 2.45. The number of methoxy groups -OCH3 is 1. The number of carbonyl (C=O) groups excluding carboxylic acids is 1. The zero-order valence-corrected chi connectivity index (χ0v) is 16.8. The number of nitrogens with one attached hydrogen (secondary N) is 1. The Morgan fingerprint density at radius 3 is 2.62 bits per heavy atom. The third-order valence-corrected chi connectivity index (χ3v) is 5.93. The van der Waals surface area contributed by atoms with E-state index in [4.69, 9.17) is 4.74 Å². The van der Waals surface area contributed by atoms with E-state index in [-0.39, 0.29) is 30.5 Å². The molecule has 2 aliphatic heterocycles. The Bertz CT molecular complexity index is 958. The summed E-state index contributed by atoms with van der Waals surface area (Å²) in [6.45, 7) is 2.70. The van der Waals surface area contributed by atoms with Crippen molar-refractivity contribution in [2.24, 2.45) is 5.92 Å². The summed E-state index contributed by atoms with van der Waals surface area (Å²) in [6.07, 6.45) is 1.39. The third kappa shape index (κ3) is 3.68. The number of anilines is 1. The lowest BCUT2D eigenvalue weighted by Crippen LogP contribution is -2.42. The molecule has 0 radical (unpaired) electrons. The molecule has 1 fully saturated rings. The van der Waals surface area contributed by atoms with Crippen molar-refractivity contribution >= 4 is 11.6 Å². The zero-order valence-electron chi connectivity index (χ0n) is 16.8. The van der Waals surface area contributed by atoms with E-state index in [1.54, 1.807) is 7.11 Å². The second kappa shape index (κ2) is 8.18. The van der Waals surface area contributed by atoms with Crippen LogP contribution in [0, 0.1) is 17.8 Å². The first-order valence-corrected chi connectivity index (χ1v) is 10.1. The van der Waals surface area contributed by atoms with E-state index in [0.717, 1.165) is 41.1 Å². The average molecular weight is 390 g/mol. The normalized spacial score (nSPS) is 22.0. The van der Waals surface area contributed by atoms with Crippen LogP contribution in [0.1, 0.15) is 42.5 Å². The maximum absolute atomic E-state index is 12.5. The van der Waals surface area contributed by atoms with Crippen LogP contribution in [0.5, 0.6) is 5.75 Å². The molecule has 150 valence electrons. The number of aliphatic hydroxyl groups is 1. The van der Waals surface area contributed by atoms with Crippen LogP contribution < -0.4 is 10.1 Å². The van der Waals surface area contributed by atoms with Crippen LogP contribution in [-0.2, 0) is 4.79 Å². The quantitative estimate of drug-likeness (QED) is 0.791. The first kappa shape index (κ1) is 19.4. The van der Waals surface area contributed by atoms with E-state index >= 15 is 0 Å². The molecule has 1 saturated heterocycles. The van der Waals surface area contributed by atoms with Crippen molar-refractivity contribution in [3.05, 3.63) is 59.2 Å². The van der Waals surface area contributed by atoms with Gasteiger partial charge in [0.05, 0.1) is 25.8 Å². The number of likely N-dealkylation sites (tertiary alicyclic amines) is 1. The summed E-state index contributed by atoms with van der Waals surface area (Å²) >= 11 is 0. The summed E-state index contributed by atoms with van der Waals surface area (Å²) in [5, 5.41) is 13.3. The highest BCUT2D eigenvalue weighted by molar-refractivity contribution is 5.77. The Morgan fingerprint density at radius 2 is 1.93 bits per heavy atom. The van der Waals surface area contributed by atoms with Crippen molar-refractivity contribution in [3.63, 3.8) is 0 Å². The van der Waals surface area contributed by atoms with Crippen LogP contribution in [0.2, 0.25) is 0 Å². The van der Waals surface area contributed by atoms with Gasteiger partial charge in [-0.3, -0.25) is 4.79 Å². The van der Waals surface area contributed by atoms with Crippen LogP contribution in [0.3, 0.4) is 0 Å². The second-order valence-electron chi connectivity index (χ2n) is 7.55. The number of rotatable bonds is 3. The number of hydrogen-bond donors (Lipinski definition) is 2. The van der Waals surface area contributed by atoms with Crippen molar-refractivity contribution in [2.45, 2.75) is 31.8 Å². The van der Waals surface area contributed by atoms with Crippen molar-refractivity contribution in [1.29, 1.82) is 0 Å². The largest absolute Gasteiger partial charge is 0.497 e. The Morgan fingerprint density at radius 1 is 1.21 bits per heavy atom. The SMILES string of the molecule is CCC(=O)N1CC[C@H]2[C@H](CO)Nc3ccc(C#Cc4ccc(OC)cc4)cc3[C@H]21. The van der Waals surface area contributed by atoms with Crippen molar-refractivity contribution in [1.82, 2.24) is 4.90 Å². The number of amides is 1. The number of ether oxygens (including phenoxy) is 1. The number of aliphatic hydroxyl groups excluding tert-OH is 1. The molecule has 5 heteroatoms. The smallest absolute Gasteiger partial charge is 0.222 e. The topological polar surface area (TPSA) is 61.8 Å². The maximum Gasteiger partial charge on any atom is 0.222 e. The van der Waals surface area contributed by atoms with Crippen LogP contribution in [-0.4, -0.2) is 42.2 Å². The molecule has 2 aromatic rings. The fourth-order valence-electron chi connectivity index (χ4n) is 4.44.